The normalized spacial score (nSPS) is 16.2. The highest BCUT2D eigenvalue weighted by atomic mass is 32.2. The number of carbonyl (C=O) groups is 1. The number of sulfonamides is 1. The molecule has 0 atom stereocenters. The van der Waals surface area contributed by atoms with Gasteiger partial charge < -0.3 is 9.88 Å². The van der Waals surface area contributed by atoms with Gasteiger partial charge in [0.25, 0.3) is 5.91 Å². The molecule has 24 heavy (non-hydrogen) atoms. The molecule has 2 aromatic rings. The van der Waals surface area contributed by atoms with Gasteiger partial charge in [-0.05, 0) is 25.8 Å². The number of anilines is 1. The molecule has 0 bridgehead atoms. The summed E-state index contributed by atoms with van der Waals surface area (Å²) in [7, 11) is -1.87. The topological polar surface area (TPSA) is 84.3 Å². The highest BCUT2D eigenvalue weighted by Gasteiger charge is 2.28. The molecule has 0 spiro atoms. The van der Waals surface area contributed by atoms with Gasteiger partial charge in [0.1, 0.15) is 15.6 Å². The van der Waals surface area contributed by atoms with Gasteiger partial charge in [0.05, 0.1) is 11.2 Å². The van der Waals surface area contributed by atoms with Crippen LogP contribution < -0.4 is 5.32 Å². The maximum Gasteiger partial charge on any atom is 0.272 e. The number of nitrogens with one attached hydrogen (secondary N) is 1. The largest absolute Gasteiger partial charge is 0.345 e. The Morgan fingerprint density at radius 3 is 2.62 bits per heavy atom. The minimum atomic E-state index is -3.54. The molecular formula is C15H20N4O3S2. The van der Waals surface area contributed by atoms with Crippen LogP contribution in [0.15, 0.2) is 23.4 Å². The molecule has 0 radical (unpaired) electrons. The molecule has 0 aliphatic carbocycles. The Balaban J connectivity index is 1.82. The number of thiazole rings is 1. The first-order valence-electron chi connectivity index (χ1n) is 7.78. The van der Waals surface area contributed by atoms with E-state index in [2.05, 4.69) is 10.3 Å². The van der Waals surface area contributed by atoms with Crippen LogP contribution in [-0.2, 0) is 17.1 Å². The molecule has 1 N–H and O–H groups in total. The van der Waals surface area contributed by atoms with E-state index in [0.29, 0.717) is 23.8 Å². The van der Waals surface area contributed by atoms with Crippen LogP contribution in [0.1, 0.15) is 34.8 Å². The van der Waals surface area contributed by atoms with Crippen molar-refractivity contribution < 1.29 is 13.2 Å². The van der Waals surface area contributed by atoms with Crippen LogP contribution in [0, 0.1) is 6.92 Å². The lowest BCUT2D eigenvalue weighted by molar-refractivity contribution is 0.101. The number of piperidine rings is 1. The van der Waals surface area contributed by atoms with Crippen LogP contribution in [0.2, 0.25) is 0 Å². The van der Waals surface area contributed by atoms with Gasteiger partial charge in [-0.25, -0.2) is 13.4 Å². The van der Waals surface area contributed by atoms with E-state index < -0.39 is 10.0 Å². The third-order valence-corrected chi connectivity index (χ3v) is 6.72. The van der Waals surface area contributed by atoms with Crippen LogP contribution in [0.5, 0.6) is 0 Å². The van der Waals surface area contributed by atoms with Gasteiger partial charge in [-0.3, -0.25) is 4.79 Å². The predicted octanol–water partition coefficient (Wildman–Crippen LogP) is 2.22. The first-order chi connectivity index (χ1) is 11.4. The Bertz CT molecular complexity index is 848. The summed E-state index contributed by atoms with van der Waals surface area (Å²) in [6.07, 6.45) is 5.90. The van der Waals surface area contributed by atoms with Gasteiger partial charge in [0.2, 0.25) is 10.0 Å². The van der Waals surface area contributed by atoms with Gasteiger partial charge in [-0.15, -0.1) is 11.3 Å². The van der Waals surface area contributed by atoms with E-state index in [9.17, 15) is 13.2 Å². The van der Waals surface area contributed by atoms with Crippen molar-refractivity contribution in [2.75, 3.05) is 18.4 Å². The molecule has 3 rings (SSSR count). The maximum absolute atomic E-state index is 12.7. The fourth-order valence-electron chi connectivity index (χ4n) is 2.75. The van der Waals surface area contributed by atoms with Crippen LogP contribution in [0.4, 0.5) is 5.00 Å². The monoisotopic (exact) mass is 368 g/mol. The highest BCUT2D eigenvalue weighted by Crippen LogP contribution is 2.23. The lowest BCUT2D eigenvalue weighted by Gasteiger charge is -2.25. The molecule has 3 heterocycles. The first kappa shape index (κ1) is 17.1. The van der Waals surface area contributed by atoms with E-state index in [1.165, 1.54) is 27.9 Å². The van der Waals surface area contributed by atoms with E-state index in [0.717, 1.165) is 24.3 Å². The SMILES string of the molecule is Cc1ncc(NC(=O)c2cc(S(=O)(=O)N3CCCCC3)cn2C)s1. The molecule has 1 aliphatic heterocycles. The van der Waals surface area contributed by atoms with E-state index in [4.69, 9.17) is 0 Å². The zero-order chi connectivity index (χ0) is 17.3. The standard InChI is InChI=1S/C15H20N4O3S2/c1-11-16-9-14(23-11)17-15(20)13-8-12(10-18(13)2)24(21,22)19-6-4-3-5-7-19/h8-10H,3-7H2,1-2H3,(H,17,20). The molecular weight excluding hydrogens is 348 g/mol. The number of nitrogens with zero attached hydrogens (tertiary/aromatic N) is 3. The second-order valence-electron chi connectivity index (χ2n) is 5.83. The molecule has 2 aromatic heterocycles. The molecule has 130 valence electrons. The number of carbonyl (C=O) groups excluding carboxylic acids is 1. The second kappa shape index (κ2) is 6.66. The summed E-state index contributed by atoms with van der Waals surface area (Å²) >= 11 is 1.37. The number of rotatable bonds is 4. The van der Waals surface area contributed by atoms with Crippen molar-refractivity contribution >= 4 is 32.3 Å². The van der Waals surface area contributed by atoms with Crippen LogP contribution in [0.3, 0.4) is 0 Å². The van der Waals surface area contributed by atoms with Gasteiger partial charge in [-0.1, -0.05) is 6.42 Å². The fourth-order valence-corrected chi connectivity index (χ4v) is 5.01. The van der Waals surface area contributed by atoms with Crippen molar-refractivity contribution in [1.82, 2.24) is 13.9 Å². The number of hydrogen-bond donors (Lipinski definition) is 1. The molecule has 9 heteroatoms. The second-order valence-corrected chi connectivity index (χ2v) is 9.01. The van der Waals surface area contributed by atoms with Crippen molar-refractivity contribution in [3.8, 4) is 0 Å². The molecule has 1 saturated heterocycles. The quantitative estimate of drug-likeness (QED) is 0.897. The summed E-state index contributed by atoms with van der Waals surface area (Å²) in [5, 5.41) is 4.24. The zero-order valence-corrected chi connectivity index (χ0v) is 15.3. The van der Waals surface area contributed by atoms with Gasteiger partial charge in [0, 0.05) is 26.3 Å². The summed E-state index contributed by atoms with van der Waals surface area (Å²) < 4.78 is 28.5. The van der Waals surface area contributed by atoms with Crippen molar-refractivity contribution in [2.24, 2.45) is 7.05 Å². The minimum Gasteiger partial charge on any atom is -0.345 e. The predicted molar refractivity (Wildman–Crippen MR) is 92.8 cm³/mol. The van der Waals surface area contributed by atoms with Crippen molar-refractivity contribution in [2.45, 2.75) is 31.1 Å². The van der Waals surface area contributed by atoms with Crippen molar-refractivity contribution in [3.05, 3.63) is 29.2 Å². The Hall–Kier alpha value is -1.71. The molecule has 0 aromatic carbocycles. The minimum absolute atomic E-state index is 0.164. The van der Waals surface area contributed by atoms with Gasteiger partial charge in [-0.2, -0.15) is 4.31 Å². The van der Waals surface area contributed by atoms with Gasteiger partial charge >= 0.3 is 0 Å². The maximum atomic E-state index is 12.7. The molecule has 0 saturated carbocycles. The fraction of sp³-hybridized carbons (Fsp3) is 0.467. The summed E-state index contributed by atoms with van der Waals surface area (Å²) in [6, 6.07) is 1.44. The third kappa shape index (κ3) is 3.38. The summed E-state index contributed by atoms with van der Waals surface area (Å²) in [6.45, 7) is 2.93. The smallest absolute Gasteiger partial charge is 0.272 e. The lowest BCUT2D eigenvalue weighted by atomic mass is 10.2. The Morgan fingerprint density at radius 1 is 1.29 bits per heavy atom. The van der Waals surface area contributed by atoms with Crippen LogP contribution in [-0.4, -0.2) is 41.3 Å². The summed E-state index contributed by atoms with van der Waals surface area (Å²) in [4.78, 5) is 16.6. The Kier molecular flexibility index (Phi) is 4.75. The third-order valence-electron chi connectivity index (χ3n) is 4.02. The number of hydrogen-bond acceptors (Lipinski definition) is 5. The molecule has 1 aliphatic rings. The molecule has 0 unspecified atom stereocenters. The average molecular weight is 368 g/mol. The zero-order valence-electron chi connectivity index (χ0n) is 13.7. The van der Waals surface area contributed by atoms with E-state index >= 15 is 0 Å². The Morgan fingerprint density at radius 2 is 2.00 bits per heavy atom. The number of aromatic nitrogens is 2. The molecule has 7 nitrogen and oxygen atoms in total. The summed E-state index contributed by atoms with van der Waals surface area (Å²) in [5.74, 6) is -0.346. The molecule has 1 amide bonds. The first-order valence-corrected chi connectivity index (χ1v) is 10.0. The Labute approximate surface area is 145 Å². The van der Waals surface area contributed by atoms with Gasteiger partial charge in [0.15, 0.2) is 0 Å². The van der Waals surface area contributed by atoms with E-state index in [1.807, 2.05) is 6.92 Å². The van der Waals surface area contributed by atoms with E-state index in [-0.39, 0.29) is 10.8 Å². The van der Waals surface area contributed by atoms with E-state index in [1.54, 1.807) is 17.8 Å². The van der Waals surface area contributed by atoms with Crippen LogP contribution in [0.25, 0.3) is 0 Å². The van der Waals surface area contributed by atoms with Crippen molar-refractivity contribution in [3.63, 3.8) is 0 Å². The summed E-state index contributed by atoms with van der Waals surface area (Å²) in [5.41, 5.74) is 0.302. The number of amides is 1. The lowest BCUT2D eigenvalue weighted by Crippen LogP contribution is -2.35. The highest BCUT2D eigenvalue weighted by molar-refractivity contribution is 7.89. The number of aryl methyl sites for hydroxylation is 2. The van der Waals surface area contributed by atoms with Crippen LogP contribution >= 0.6 is 11.3 Å². The van der Waals surface area contributed by atoms with Crippen molar-refractivity contribution in [1.29, 1.82) is 0 Å². The molecule has 1 fully saturated rings. The average Bonchev–Trinajstić information content (AvgIpc) is 3.14.